The van der Waals surface area contributed by atoms with Gasteiger partial charge in [0.05, 0.1) is 12.3 Å². The van der Waals surface area contributed by atoms with Gasteiger partial charge in [0.2, 0.25) is 5.89 Å². The number of oxime groups is 1. The third kappa shape index (κ3) is 4.52. The van der Waals surface area contributed by atoms with Crippen molar-refractivity contribution in [2.24, 2.45) is 5.16 Å². The number of carbonyl (C=O) groups excluding carboxylic acids is 1. The van der Waals surface area contributed by atoms with Crippen LogP contribution >= 0.6 is 0 Å². The van der Waals surface area contributed by atoms with E-state index in [1.165, 1.54) is 7.11 Å². The predicted molar refractivity (Wildman–Crippen MR) is 124 cm³/mol. The van der Waals surface area contributed by atoms with Gasteiger partial charge >= 0.3 is 0 Å². The summed E-state index contributed by atoms with van der Waals surface area (Å²) >= 11 is 0. The zero-order valence-corrected chi connectivity index (χ0v) is 18.6. The predicted octanol–water partition coefficient (Wildman–Crippen LogP) is 3.79. The lowest BCUT2D eigenvalue weighted by Crippen LogP contribution is -2.31. The molecule has 0 saturated carbocycles. The minimum Gasteiger partial charge on any atom is -0.399 e. The van der Waals surface area contributed by atoms with Crippen molar-refractivity contribution >= 4 is 11.6 Å². The Morgan fingerprint density at radius 1 is 1.15 bits per heavy atom. The van der Waals surface area contributed by atoms with Crippen LogP contribution in [0.5, 0.6) is 0 Å². The molecule has 2 fully saturated rings. The molecule has 33 heavy (non-hydrogen) atoms. The SMILES string of the molecule is CON=C1C[C@@H](c2nc(C3CCCNC3)no2)N(C(=O)c2ccc(-c3ccccc3)cc2)C1. The molecule has 2 aliphatic heterocycles. The van der Waals surface area contributed by atoms with Gasteiger partial charge in [-0.05, 0) is 42.6 Å². The highest BCUT2D eigenvalue weighted by Crippen LogP contribution is 2.33. The Labute approximate surface area is 192 Å². The van der Waals surface area contributed by atoms with Crippen molar-refractivity contribution in [2.75, 3.05) is 26.7 Å². The molecule has 170 valence electrons. The first-order chi connectivity index (χ1) is 16.2. The molecule has 0 spiro atoms. The fourth-order valence-corrected chi connectivity index (χ4v) is 4.56. The maximum absolute atomic E-state index is 13.5. The first-order valence-electron chi connectivity index (χ1n) is 11.3. The maximum atomic E-state index is 13.5. The van der Waals surface area contributed by atoms with Crippen molar-refractivity contribution < 1.29 is 14.2 Å². The summed E-state index contributed by atoms with van der Waals surface area (Å²) in [6.45, 7) is 2.23. The van der Waals surface area contributed by atoms with Crippen LogP contribution in [0.1, 0.15) is 53.3 Å². The van der Waals surface area contributed by atoms with Gasteiger partial charge in [-0.3, -0.25) is 4.79 Å². The maximum Gasteiger partial charge on any atom is 0.254 e. The summed E-state index contributed by atoms with van der Waals surface area (Å²) in [7, 11) is 1.51. The largest absolute Gasteiger partial charge is 0.399 e. The third-order valence-electron chi connectivity index (χ3n) is 6.28. The van der Waals surface area contributed by atoms with Gasteiger partial charge in [-0.25, -0.2) is 0 Å². The van der Waals surface area contributed by atoms with E-state index >= 15 is 0 Å². The van der Waals surface area contributed by atoms with E-state index in [1.54, 1.807) is 4.90 Å². The van der Waals surface area contributed by atoms with Gasteiger partial charge in [0.25, 0.3) is 5.91 Å². The minimum absolute atomic E-state index is 0.0972. The Morgan fingerprint density at radius 3 is 2.67 bits per heavy atom. The molecule has 0 bridgehead atoms. The average molecular weight is 446 g/mol. The Bertz CT molecular complexity index is 1120. The van der Waals surface area contributed by atoms with Crippen LogP contribution in [-0.4, -0.2) is 53.4 Å². The zero-order chi connectivity index (χ0) is 22.6. The van der Waals surface area contributed by atoms with Crippen molar-refractivity contribution in [3.05, 3.63) is 71.9 Å². The lowest BCUT2D eigenvalue weighted by Gasteiger charge is -2.21. The molecular formula is C25H27N5O3. The lowest BCUT2D eigenvalue weighted by atomic mass is 9.99. The number of hydrogen-bond donors (Lipinski definition) is 1. The standard InChI is InChI=1S/C25H27N5O3/c1-32-28-21-14-22(24-27-23(29-33-24)20-8-5-13-26-15-20)30(16-21)25(31)19-11-9-18(10-12-19)17-6-3-2-4-7-17/h2-4,6-7,9-12,20,22,26H,5,8,13-16H2,1H3/t20?,22-/m0/s1. The van der Waals surface area contributed by atoms with E-state index in [0.717, 1.165) is 42.8 Å². The van der Waals surface area contributed by atoms with Gasteiger partial charge in [-0.1, -0.05) is 52.8 Å². The van der Waals surface area contributed by atoms with E-state index in [0.29, 0.717) is 30.2 Å². The second-order valence-electron chi connectivity index (χ2n) is 8.47. The number of benzene rings is 2. The molecule has 2 saturated heterocycles. The van der Waals surface area contributed by atoms with Crippen LogP contribution in [0.4, 0.5) is 0 Å². The van der Waals surface area contributed by atoms with E-state index in [-0.39, 0.29) is 17.9 Å². The molecule has 2 aromatic carbocycles. The first-order valence-corrected chi connectivity index (χ1v) is 11.3. The summed E-state index contributed by atoms with van der Waals surface area (Å²) < 4.78 is 5.64. The molecule has 1 amide bonds. The normalized spacial score (nSPS) is 22.0. The molecule has 1 aromatic heterocycles. The average Bonchev–Trinajstić information content (AvgIpc) is 3.53. The number of rotatable bonds is 5. The van der Waals surface area contributed by atoms with E-state index in [9.17, 15) is 4.79 Å². The Morgan fingerprint density at radius 2 is 1.94 bits per heavy atom. The van der Waals surface area contributed by atoms with Crippen LogP contribution < -0.4 is 5.32 Å². The number of hydrogen-bond acceptors (Lipinski definition) is 7. The van der Waals surface area contributed by atoms with Crippen LogP contribution in [0.15, 0.2) is 64.3 Å². The van der Waals surface area contributed by atoms with Gasteiger partial charge in [0.1, 0.15) is 13.2 Å². The van der Waals surface area contributed by atoms with Crippen molar-refractivity contribution in [1.82, 2.24) is 20.4 Å². The summed E-state index contributed by atoms with van der Waals surface area (Å²) in [6.07, 6.45) is 2.63. The van der Waals surface area contributed by atoms with Crippen LogP contribution in [0.2, 0.25) is 0 Å². The van der Waals surface area contributed by atoms with Crippen LogP contribution in [-0.2, 0) is 4.84 Å². The molecule has 0 radical (unpaired) electrons. The number of carbonyl (C=O) groups is 1. The van der Waals surface area contributed by atoms with Gasteiger partial charge in [-0.2, -0.15) is 4.98 Å². The molecule has 8 nitrogen and oxygen atoms in total. The zero-order valence-electron chi connectivity index (χ0n) is 18.6. The van der Waals surface area contributed by atoms with E-state index in [2.05, 4.69) is 32.7 Å². The summed E-state index contributed by atoms with van der Waals surface area (Å²) in [5.74, 6) is 1.29. The third-order valence-corrected chi connectivity index (χ3v) is 6.28. The van der Waals surface area contributed by atoms with Crippen molar-refractivity contribution in [3.63, 3.8) is 0 Å². The summed E-state index contributed by atoms with van der Waals surface area (Å²) in [4.78, 5) is 24.9. The van der Waals surface area contributed by atoms with Crippen LogP contribution in [0.3, 0.4) is 0 Å². The highest BCUT2D eigenvalue weighted by Gasteiger charge is 2.39. The molecule has 3 aromatic rings. The Balaban J connectivity index is 1.38. The molecule has 3 heterocycles. The fourth-order valence-electron chi connectivity index (χ4n) is 4.56. The van der Waals surface area contributed by atoms with Gasteiger partial charge in [-0.15, -0.1) is 0 Å². The van der Waals surface area contributed by atoms with E-state index in [1.807, 2.05) is 42.5 Å². The minimum atomic E-state index is -0.363. The molecule has 1 unspecified atom stereocenters. The monoisotopic (exact) mass is 445 g/mol. The molecule has 2 aliphatic rings. The van der Waals surface area contributed by atoms with Gasteiger partial charge in [0.15, 0.2) is 5.82 Å². The topological polar surface area (TPSA) is 92.8 Å². The number of piperidine rings is 1. The number of nitrogens with zero attached hydrogens (tertiary/aromatic N) is 4. The Hall–Kier alpha value is -3.52. The molecule has 2 atom stereocenters. The van der Waals surface area contributed by atoms with Crippen LogP contribution in [0, 0.1) is 0 Å². The molecular weight excluding hydrogens is 418 g/mol. The number of likely N-dealkylation sites (tertiary alicyclic amines) is 1. The Kier molecular flexibility index (Phi) is 6.17. The summed E-state index contributed by atoms with van der Waals surface area (Å²) in [5.41, 5.74) is 3.56. The summed E-state index contributed by atoms with van der Waals surface area (Å²) in [6, 6.07) is 17.4. The second-order valence-corrected chi connectivity index (χ2v) is 8.47. The fraction of sp³-hybridized carbons (Fsp3) is 0.360. The van der Waals surface area contributed by atoms with Crippen molar-refractivity contribution in [1.29, 1.82) is 0 Å². The van der Waals surface area contributed by atoms with Gasteiger partial charge < -0.3 is 19.6 Å². The highest BCUT2D eigenvalue weighted by atomic mass is 16.6. The second kappa shape index (κ2) is 9.54. The van der Waals surface area contributed by atoms with Crippen LogP contribution in [0.25, 0.3) is 11.1 Å². The lowest BCUT2D eigenvalue weighted by molar-refractivity contribution is 0.0713. The summed E-state index contributed by atoms with van der Waals surface area (Å²) in [5, 5.41) is 11.7. The van der Waals surface area contributed by atoms with Crippen molar-refractivity contribution in [2.45, 2.75) is 31.2 Å². The van der Waals surface area contributed by atoms with E-state index in [4.69, 9.17) is 9.36 Å². The first kappa shape index (κ1) is 21.3. The van der Waals surface area contributed by atoms with Crippen molar-refractivity contribution in [3.8, 4) is 11.1 Å². The van der Waals surface area contributed by atoms with Gasteiger partial charge in [0, 0.05) is 24.4 Å². The molecule has 1 N–H and O–H groups in total. The number of aromatic nitrogens is 2. The highest BCUT2D eigenvalue weighted by molar-refractivity contribution is 6.00. The number of amides is 1. The molecule has 5 rings (SSSR count). The number of nitrogens with one attached hydrogen (secondary N) is 1. The van der Waals surface area contributed by atoms with E-state index < -0.39 is 0 Å². The molecule has 0 aliphatic carbocycles. The molecule has 8 heteroatoms. The smallest absolute Gasteiger partial charge is 0.254 e. The quantitative estimate of drug-likeness (QED) is 0.601.